The number of rotatable bonds is 9. The summed E-state index contributed by atoms with van der Waals surface area (Å²) in [5, 5.41) is 45.0. The number of aromatic nitrogens is 4. The highest BCUT2D eigenvalue weighted by Crippen LogP contribution is 2.51. The minimum Gasteiger partial charge on any atom is -0.506 e. The first-order valence-corrected chi connectivity index (χ1v) is 21.7. The third-order valence-corrected chi connectivity index (χ3v) is 13.0. The van der Waals surface area contributed by atoms with Crippen LogP contribution < -0.4 is 14.4 Å². The van der Waals surface area contributed by atoms with Crippen LogP contribution in [0, 0.1) is 5.82 Å². The van der Waals surface area contributed by atoms with E-state index in [1.165, 1.54) is 34.9 Å². The highest BCUT2D eigenvalue weighted by molar-refractivity contribution is 7.22. The maximum atomic E-state index is 14.2. The summed E-state index contributed by atoms with van der Waals surface area (Å²) in [6.07, 6.45) is 0.401. The molecule has 4 aliphatic rings. The van der Waals surface area contributed by atoms with Crippen molar-refractivity contribution in [3.8, 4) is 38.9 Å². The molecule has 19 heteroatoms. The number of aliphatic hydroxyl groups excluding tert-OH is 1. The molecular formula is C44H44ClFN8O8S. The number of halogens is 2. The molecular weight excluding hydrogens is 855 g/mol. The van der Waals surface area contributed by atoms with Crippen LogP contribution in [0.1, 0.15) is 22.4 Å². The van der Waals surface area contributed by atoms with Gasteiger partial charge in [-0.3, -0.25) is 9.80 Å². The Labute approximate surface area is 370 Å². The fourth-order valence-corrected chi connectivity index (χ4v) is 9.45. The van der Waals surface area contributed by atoms with E-state index in [2.05, 4.69) is 29.7 Å². The van der Waals surface area contributed by atoms with Gasteiger partial charge in [-0.2, -0.15) is 5.06 Å². The van der Waals surface area contributed by atoms with E-state index in [-0.39, 0.29) is 36.3 Å². The van der Waals surface area contributed by atoms with Crippen molar-refractivity contribution in [1.82, 2.24) is 34.8 Å². The molecule has 2 saturated heterocycles. The van der Waals surface area contributed by atoms with E-state index >= 15 is 0 Å². The Morgan fingerprint density at radius 1 is 0.952 bits per heavy atom. The van der Waals surface area contributed by atoms with Gasteiger partial charge in [-0.05, 0) is 46.5 Å². The van der Waals surface area contributed by atoms with E-state index in [1.807, 2.05) is 24.3 Å². The van der Waals surface area contributed by atoms with Crippen molar-refractivity contribution in [2.75, 3.05) is 63.9 Å². The van der Waals surface area contributed by atoms with E-state index in [9.17, 15) is 29.7 Å². The van der Waals surface area contributed by atoms with Crippen molar-refractivity contribution >= 4 is 45.1 Å². The van der Waals surface area contributed by atoms with Crippen molar-refractivity contribution in [3.05, 3.63) is 106 Å². The summed E-state index contributed by atoms with van der Waals surface area (Å²) < 4.78 is 32.3. The number of ether oxygens (including phenoxy) is 3. The van der Waals surface area contributed by atoms with Crippen LogP contribution in [0.15, 0.2) is 73.2 Å². The SMILES string of the molecule is O=C(O)[C@H]1Cc2cc(ccc2OCc2ccnc(N3CCOC[C@H]3O)n2)CN(CCN2CCN(O)CC2)Cc2ccc(c(O)c2Cl)-c2c(-c3ccc(F)cc3)sc3ncnc(c23)O1. The number of phenols is 1. The predicted octanol–water partition coefficient (Wildman–Crippen LogP) is 5.44. The van der Waals surface area contributed by atoms with E-state index in [0.29, 0.717) is 126 Å². The number of hydroxylamine groups is 2. The van der Waals surface area contributed by atoms with Gasteiger partial charge in [0.15, 0.2) is 6.23 Å². The second kappa shape index (κ2) is 18.6. The third kappa shape index (κ3) is 9.39. The first-order valence-electron chi connectivity index (χ1n) is 20.5. The minimum absolute atomic E-state index is 0.0165. The van der Waals surface area contributed by atoms with Crippen LogP contribution in [0.5, 0.6) is 17.4 Å². The number of aliphatic hydroxyl groups is 1. The second-order valence-electron chi connectivity index (χ2n) is 15.6. The van der Waals surface area contributed by atoms with Crippen LogP contribution in [0.2, 0.25) is 5.02 Å². The van der Waals surface area contributed by atoms with Gasteiger partial charge in [-0.15, -0.1) is 11.3 Å². The molecule has 0 radical (unpaired) electrons. The lowest BCUT2D eigenvalue weighted by Gasteiger charge is -2.33. The number of aliphatic carboxylic acids is 1. The topological polar surface area (TPSA) is 190 Å². The fourth-order valence-electron chi connectivity index (χ4n) is 8.07. The van der Waals surface area contributed by atoms with Crippen LogP contribution >= 0.6 is 22.9 Å². The molecule has 4 bridgehead atoms. The number of thiophene rings is 1. The first kappa shape index (κ1) is 42.7. The van der Waals surface area contributed by atoms with Gasteiger partial charge < -0.3 is 39.6 Å². The number of nitrogens with zero attached hydrogens (tertiary/aromatic N) is 8. The second-order valence-corrected chi connectivity index (χ2v) is 17.0. The van der Waals surface area contributed by atoms with Gasteiger partial charge in [0.1, 0.15) is 35.1 Å². The van der Waals surface area contributed by atoms with Crippen LogP contribution in [-0.4, -0.2) is 133 Å². The van der Waals surface area contributed by atoms with Gasteiger partial charge in [0, 0.05) is 87.5 Å². The van der Waals surface area contributed by atoms with Gasteiger partial charge in [0.05, 0.1) is 29.3 Å². The lowest BCUT2D eigenvalue weighted by molar-refractivity contribution is -0.145. The molecule has 63 heavy (non-hydrogen) atoms. The fraction of sp³-hybridized carbons (Fsp3) is 0.341. The zero-order valence-corrected chi connectivity index (χ0v) is 35.5. The van der Waals surface area contributed by atoms with Gasteiger partial charge in [-0.25, -0.2) is 29.1 Å². The summed E-state index contributed by atoms with van der Waals surface area (Å²) in [5.41, 5.74) is 4.08. The Morgan fingerprint density at radius 2 is 1.76 bits per heavy atom. The lowest BCUT2D eigenvalue weighted by atomic mass is 9.97. The number of benzene rings is 3. The number of carboxylic acid groups (broad SMARTS) is 1. The Bertz CT molecular complexity index is 2620. The van der Waals surface area contributed by atoms with Crippen molar-refractivity contribution in [3.63, 3.8) is 0 Å². The first-order chi connectivity index (χ1) is 30.6. The Hall–Kier alpha value is -5.57. The monoisotopic (exact) mass is 898 g/mol. The Kier molecular flexibility index (Phi) is 12.6. The molecule has 0 saturated carbocycles. The van der Waals surface area contributed by atoms with Crippen LogP contribution in [0.25, 0.3) is 31.8 Å². The molecule has 3 aromatic carbocycles. The van der Waals surface area contributed by atoms with E-state index in [1.54, 1.807) is 35.4 Å². The molecule has 2 fully saturated rings. The molecule has 4 N–H and O–H groups in total. The smallest absolute Gasteiger partial charge is 0.345 e. The summed E-state index contributed by atoms with van der Waals surface area (Å²) in [6.45, 7) is 5.56. The zero-order chi connectivity index (χ0) is 43.6. The highest BCUT2D eigenvalue weighted by Gasteiger charge is 2.30. The maximum Gasteiger partial charge on any atom is 0.345 e. The number of hydrogen-bond donors (Lipinski definition) is 4. The molecule has 328 valence electrons. The minimum atomic E-state index is -1.47. The van der Waals surface area contributed by atoms with Crippen LogP contribution in [-0.2, 0) is 35.6 Å². The molecule has 0 unspecified atom stereocenters. The maximum absolute atomic E-state index is 14.2. The molecule has 0 aliphatic carbocycles. The van der Waals surface area contributed by atoms with Crippen molar-refractivity contribution in [1.29, 1.82) is 0 Å². The Morgan fingerprint density at radius 3 is 2.56 bits per heavy atom. The third-order valence-electron chi connectivity index (χ3n) is 11.4. The normalized spacial score (nSPS) is 19.0. The Balaban J connectivity index is 1.13. The number of carbonyl (C=O) groups is 1. The number of piperazine rings is 1. The number of morpholine rings is 1. The van der Waals surface area contributed by atoms with Gasteiger partial charge in [-0.1, -0.05) is 48.0 Å². The molecule has 2 atom stereocenters. The van der Waals surface area contributed by atoms with Crippen molar-refractivity contribution < 1.29 is 43.9 Å². The molecule has 6 aromatic rings. The highest BCUT2D eigenvalue weighted by atomic mass is 35.5. The van der Waals surface area contributed by atoms with E-state index in [4.69, 9.17) is 25.8 Å². The lowest BCUT2D eigenvalue weighted by Crippen LogP contribution is -2.47. The molecule has 4 aliphatic heterocycles. The largest absolute Gasteiger partial charge is 0.506 e. The summed E-state index contributed by atoms with van der Waals surface area (Å²) in [4.78, 5) is 38.4. The quantitative estimate of drug-likeness (QED) is 0.143. The van der Waals surface area contributed by atoms with Crippen LogP contribution in [0.3, 0.4) is 0 Å². The summed E-state index contributed by atoms with van der Waals surface area (Å²) in [7, 11) is 0. The summed E-state index contributed by atoms with van der Waals surface area (Å²) in [6, 6.07) is 16.9. The molecule has 3 aromatic heterocycles. The number of phenolic OH excluding ortho intramolecular Hbond substituents is 1. The zero-order valence-electron chi connectivity index (χ0n) is 33.9. The predicted molar refractivity (Wildman–Crippen MR) is 232 cm³/mol. The molecule has 7 heterocycles. The van der Waals surface area contributed by atoms with E-state index < -0.39 is 24.1 Å². The molecule has 16 nitrogen and oxygen atoms in total. The van der Waals surface area contributed by atoms with Crippen LogP contribution in [0.4, 0.5) is 10.3 Å². The van der Waals surface area contributed by atoms with Gasteiger partial charge >= 0.3 is 5.97 Å². The average Bonchev–Trinajstić information content (AvgIpc) is 3.67. The standard InChI is InChI=1S/C44H44ClFN8O8S/c45-38-28-4-7-32(39(38)56)36-37-41(48-25-49-42(37)63-40(36)27-2-5-30(46)6-3-27)62-34(43(57)58)20-29-19-26(21-52(22-28)12-11-51-13-15-53(59)16-14-51)1-8-33(29)61-23-31-9-10-47-44(50-31)54-17-18-60-24-35(54)55/h1-10,19,25,34-35,55-56,59H,11-18,20-24H2,(H,57,58)/t34-,35-/m1/s1. The molecule has 0 amide bonds. The summed E-state index contributed by atoms with van der Waals surface area (Å²) >= 11 is 8.35. The van der Waals surface area contributed by atoms with Gasteiger partial charge in [0.2, 0.25) is 17.9 Å². The number of hydrogen-bond acceptors (Lipinski definition) is 16. The number of anilines is 1. The molecule has 10 rings (SSSR count). The number of fused-ring (bicyclic) bond motifs is 6. The molecule has 0 spiro atoms. The number of carboxylic acids is 1. The van der Waals surface area contributed by atoms with Crippen molar-refractivity contribution in [2.24, 2.45) is 0 Å². The number of aromatic hydroxyl groups is 1. The average molecular weight is 899 g/mol. The van der Waals surface area contributed by atoms with Gasteiger partial charge in [0.25, 0.3) is 0 Å². The van der Waals surface area contributed by atoms with Crippen molar-refractivity contribution in [2.45, 2.75) is 38.4 Å². The van der Waals surface area contributed by atoms with E-state index in [0.717, 1.165) is 5.56 Å². The summed E-state index contributed by atoms with van der Waals surface area (Å²) in [5.74, 6) is -1.13.